The van der Waals surface area contributed by atoms with Gasteiger partial charge in [0, 0.05) is 5.56 Å². The number of rotatable bonds is 4. The highest BCUT2D eigenvalue weighted by molar-refractivity contribution is 5.99. The van der Waals surface area contributed by atoms with E-state index in [4.69, 9.17) is 9.47 Å². The third kappa shape index (κ3) is 4.01. The maximum Gasteiger partial charge on any atom is 0.271 e. The molecular formula is C19H18N2O3. The number of allylic oxidation sites excluding steroid dienone is 1. The van der Waals surface area contributed by atoms with Crippen LogP contribution in [-0.4, -0.2) is 24.8 Å². The van der Waals surface area contributed by atoms with Crippen LogP contribution in [0.5, 0.6) is 11.5 Å². The van der Waals surface area contributed by atoms with Crippen molar-refractivity contribution in [2.24, 2.45) is 5.10 Å². The fourth-order valence-corrected chi connectivity index (χ4v) is 2.21. The first-order chi connectivity index (χ1) is 11.7. The molecule has 2 aromatic carbocycles. The quantitative estimate of drug-likeness (QED) is 0.694. The number of benzene rings is 2. The lowest BCUT2D eigenvalue weighted by molar-refractivity contribution is 0.0953. The molecule has 3 rings (SSSR count). The molecule has 122 valence electrons. The van der Waals surface area contributed by atoms with Gasteiger partial charge in [0.2, 0.25) is 0 Å². The Kier molecular flexibility index (Phi) is 4.91. The van der Waals surface area contributed by atoms with Gasteiger partial charge in [-0.15, -0.1) is 0 Å². The van der Waals surface area contributed by atoms with Gasteiger partial charge in [-0.2, -0.15) is 5.10 Å². The van der Waals surface area contributed by atoms with Crippen molar-refractivity contribution in [2.45, 2.75) is 6.92 Å². The van der Waals surface area contributed by atoms with Crippen LogP contribution in [0, 0.1) is 0 Å². The highest BCUT2D eigenvalue weighted by Gasteiger charge is 2.14. The van der Waals surface area contributed by atoms with E-state index in [-0.39, 0.29) is 5.91 Å². The first kappa shape index (κ1) is 15.8. The van der Waals surface area contributed by atoms with Gasteiger partial charge in [0.1, 0.15) is 13.2 Å². The Morgan fingerprint density at radius 1 is 1.08 bits per heavy atom. The molecule has 0 aliphatic carbocycles. The molecule has 0 saturated heterocycles. The van der Waals surface area contributed by atoms with Crippen LogP contribution in [0.4, 0.5) is 0 Å². The zero-order chi connectivity index (χ0) is 16.8. The molecule has 5 heteroatoms. The molecule has 5 nitrogen and oxygen atoms in total. The Morgan fingerprint density at radius 3 is 2.62 bits per heavy atom. The van der Waals surface area contributed by atoms with E-state index in [1.807, 2.05) is 49.4 Å². The number of ether oxygens (including phenoxy) is 2. The van der Waals surface area contributed by atoms with Crippen LogP contribution in [0.15, 0.2) is 59.7 Å². The summed E-state index contributed by atoms with van der Waals surface area (Å²) in [6, 6.07) is 15.0. The summed E-state index contributed by atoms with van der Waals surface area (Å²) in [7, 11) is 0. The molecule has 1 N–H and O–H groups in total. The van der Waals surface area contributed by atoms with Crippen LogP contribution in [0.2, 0.25) is 0 Å². The van der Waals surface area contributed by atoms with Crippen molar-refractivity contribution in [2.75, 3.05) is 13.2 Å². The second kappa shape index (κ2) is 7.46. The molecule has 0 bridgehead atoms. The number of nitrogens with one attached hydrogen (secondary N) is 1. The fraction of sp³-hybridized carbons (Fsp3) is 0.158. The highest BCUT2D eigenvalue weighted by Crippen LogP contribution is 2.30. The molecule has 1 amide bonds. The van der Waals surface area contributed by atoms with Gasteiger partial charge in [0.05, 0.1) is 5.71 Å². The second-order valence-electron chi connectivity index (χ2n) is 5.30. The Bertz CT molecular complexity index is 782. The number of hydrogen-bond acceptors (Lipinski definition) is 4. The van der Waals surface area contributed by atoms with Crippen LogP contribution in [0.3, 0.4) is 0 Å². The molecule has 0 spiro atoms. The molecule has 24 heavy (non-hydrogen) atoms. The summed E-state index contributed by atoms with van der Waals surface area (Å²) in [6.45, 7) is 2.83. The Labute approximate surface area is 140 Å². The van der Waals surface area contributed by atoms with Crippen molar-refractivity contribution < 1.29 is 14.3 Å². The van der Waals surface area contributed by atoms with Crippen LogP contribution in [-0.2, 0) is 0 Å². The zero-order valence-electron chi connectivity index (χ0n) is 13.4. The van der Waals surface area contributed by atoms with Crippen molar-refractivity contribution in [1.29, 1.82) is 0 Å². The van der Waals surface area contributed by atoms with E-state index in [1.54, 1.807) is 18.2 Å². The van der Waals surface area contributed by atoms with Gasteiger partial charge < -0.3 is 9.47 Å². The van der Waals surface area contributed by atoms with E-state index in [2.05, 4.69) is 10.5 Å². The normalized spacial score (nSPS) is 13.8. The molecule has 2 aromatic rings. The van der Waals surface area contributed by atoms with Crippen molar-refractivity contribution >= 4 is 17.7 Å². The molecule has 1 heterocycles. The number of carbonyl (C=O) groups is 1. The molecule has 0 atom stereocenters. The van der Waals surface area contributed by atoms with Gasteiger partial charge in [-0.05, 0) is 36.8 Å². The number of carbonyl (C=O) groups excluding carboxylic acids is 1. The number of hydrazone groups is 1. The van der Waals surface area contributed by atoms with Gasteiger partial charge in [0.15, 0.2) is 11.5 Å². The van der Waals surface area contributed by atoms with Gasteiger partial charge in [-0.25, -0.2) is 5.43 Å². The summed E-state index contributed by atoms with van der Waals surface area (Å²) in [5, 5.41) is 4.09. The number of fused-ring (bicyclic) bond motifs is 1. The molecule has 1 aliphatic rings. The Hall–Kier alpha value is -3.08. The van der Waals surface area contributed by atoms with E-state index >= 15 is 0 Å². The lowest BCUT2D eigenvalue weighted by Gasteiger charge is -2.18. The smallest absolute Gasteiger partial charge is 0.271 e. The molecule has 0 saturated carbocycles. The third-order valence-corrected chi connectivity index (χ3v) is 3.45. The van der Waals surface area contributed by atoms with Crippen molar-refractivity contribution in [3.05, 3.63) is 65.7 Å². The maximum atomic E-state index is 12.2. The molecule has 0 aromatic heterocycles. The van der Waals surface area contributed by atoms with Crippen molar-refractivity contribution in [3.8, 4) is 11.5 Å². The Balaban J connectivity index is 1.63. The van der Waals surface area contributed by atoms with Gasteiger partial charge in [-0.3, -0.25) is 4.79 Å². The van der Waals surface area contributed by atoms with Crippen molar-refractivity contribution in [1.82, 2.24) is 5.43 Å². The number of hydrogen-bond donors (Lipinski definition) is 1. The SMILES string of the molecule is CC(/C=C/c1ccccc1)=NNC(=O)c1ccc2c(c1)OCCO2. The average Bonchev–Trinajstić information content (AvgIpc) is 2.65. The monoisotopic (exact) mass is 322 g/mol. The van der Waals surface area contributed by atoms with E-state index in [1.165, 1.54) is 0 Å². The summed E-state index contributed by atoms with van der Waals surface area (Å²) in [5.74, 6) is 0.946. The van der Waals surface area contributed by atoms with Gasteiger partial charge in [0.25, 0.3) is 5.91 Å². The predicted molar refractivity (Wildman–Crippen MR) is 93.5 cm³/mol. The summed E-state index contributed by atoms with van der Waals surface area (Å²) in [5.41, 5.74) is 4.79. The van der Waals surface area contributed by atoms with E-state index in [0.717, 1.165) is 5.56 Å². The van der Waals surface area contributed by atoms with Crippen LogP contribution in [0.25, 0.3) is 6.08 Å². The lowest BCUT2D eigenvalue weighted by Crippen LogP contribution is -2.20. The minimum atomic E-state index is -0.292. The standard InChI is InChI=1S/C19H18N2O3/c1-14(7-8-15-5-3-2-4-6-15)20-21-19(22)16-9-10-17-18(13-16)24-12-11-23-17/h2-10,13H,11-12H2,1H3,(H,21,22)/b8-7+,20-14?. The predicted octanol–water partition coefficient (Wildman–Crippen LogP) is 3.28. The Morgan fingerprint density at radius 2 is 1.83 bits per heavy atom. The van der Waals surface area contributed by atoms with E-state index < -0.39 is 0 Å². The fourth-order valence-electron chi connectivity index (χ4n) is 2.21. The topological polar surface area (TPSA) is 59.9 Å². The van der Waals surface area contributed by atoms with E-state index in [0.29, 0.717) is 36.0 Å². The number of nitrogens with zero attached hydrogens (tertiary/aromatic N) is 1. The van der Waals surface area contributed by atoms with E-state index in [9.17, 15) is 4.79 Å². The van der Waals surface area contributed by atoms with Crippen molar-refractivity contribution in [3.63, 3.8) is 0 Å². The highest BCUT2D eigenvalue weighted by atomic mass is 16.6. The maximum absolute atomic E-state index is 12.2. The first-order valence-corrected chi connectivity index (χ1v) is 7.70. The van der Waals surface area contributed by atoms with Crippen LogP contribution in [0.1, 0.15) is 22.8 Å². The lowest BCUT2D eigenvalue weighted by atomic mass is 10.2. The molecular weight excluding hydrogens is 304 g/mol. The summed E-state index contributed by atoms with van der Waals surface area (Å²) in [6.07, 6.45) is 3.79. The average molecular weight is 322 g/mol. The largest absolute Gasteiger partial charge is 0.486 e. The molecule has 0 unspecified atom stereocenters. The minimum absolute atomic E-state index is 0.292. The van der Waals surface area contributed by atoms with Gasteiger partial charge >= 0.3 is 0 Å². The van der Waals surface area contributed by atoms with Crippen LogP contribution < -0.4 is 14.9 Å². The molecule has 0 fully saturated rings. The second-order valence-corrected chi connectivity index (χ2v) is 5.30. The molecule has 1 aliphatic heterocycles. The summed E-state index contributed by atoms with van der Waals surface area (Å²) in [4.78, 5) is 12.2. The van der Waals surface area contributed by atoms with Gasteiger partial charge in [-0.1, -0.05) is 36.4 Å². The molecule has 0 radical (unpaired) electrons. The first-order valence-electron chi connectivity index (χ1n) is 7.70. The number of amides is 1. The van der Waals surface area contributed by atoms with Crippen LogP contribution >= 0.6 is 0 Å². The zero-order valence-corrected chi connectivity index (χ0v) is 13.4. The summed E-state index contributed by atoms with van der Waals surface area (Å²) >= 11 is 0. The third-order valence-electron chi connectivity index (χ3n) is 3.45. The minimum Gasteiger partial charge on any atom is -0.486 e. The summed E-state index contributed by atoms with van der Waals surface area (Å²) < 4.78 is 10.9.